The predicted octanol–water partition coefficient (Wildman–Crippen LogP) is 3.80. The van der Waals surface area contributed by atoms with Gasteiger partial charge < -0.3 is 14.5 Å². The molecule has 0 spiro atoms. The first-order valence-corrected chi connectivity index (χ1v) is 9.29. The average molecular weight is 358 g/mol. The summed E-state index contributed by atoms with van der Waals surface area (Å²) >= 11 is 1.47. The third kappa shape index (κ3) is 4.20. The highest BCUT2D eigenvalue weighted by Gasteiger charge is 2.27. The van der Waals surface area contributed by atoms with Crippen LogP contribution in [0.2, 0.25) is 0 Å². The highest BCUT2D eigenvalue weighted by molar-refractivity contribution is 7.12. The van der Waals surface area contributed by atoms with E-state index in [1.807, 2.05) is 46.7 Å². The molecular formula is C19H22N2O3S. The third-order valence-corrected chi connectivity index (χ3v) is 4.95. The largest absolute Gasteiger partial charge is 0.497 e. The topological polar surface area (TPSA) is 51.1 Å². The van der Waals surface area contributed by atoms with Gasteiger partial charge >= 0.3 is 0 Å². The second kappa shape index (κ2) is 8.16. The Morgan fingerprint density at radius 3 is 2.80 bits per heavy atom. The van der Waals surface area contributed by atoms with Crippen LogP contribution in [-0.4, -0.2) is 42.8 Å². The second-order valence-corrected chi connectivity index (χ2v) is 6.87. The van der Waals surface area contributed by atoms with Crippen LogP contribution in [0.3, 0.4) is 0 Å². The summed E-state index contributed by atoms with van der Waals surface area (Å²) in [6.45, 7) is 3.34. The van der Waals surface area contributed by atoms with E-state index in [9.17, 15) is 4.79 Å². The van der Waals surface area contributed by atoms with Crippen molar-refractivity contribution in [2.24, 2.45) is 5.16 Å². The van der Waals surface area contributed by atoms with Gasteiger partial charge in [0.05, 0.1) is 24.2 Å². The van der Waals surface area contributed by atoms with Gasteiger partial charge in [-0.1, -0.05) is 18.1 Å². The zero-order chi connectivity index (χ0) is 17.6. The lowest BCUT2D eigenvalue weighted by atomic mass is 10.0. The van der Waals surface area contributed by atoms with Gasteiger partial charge in [-0.25, -0.2) is 0 Å². The molecule has 25 heavy (non-hydrogen) atoms. The molecule has 0 aliphatic carbocycles. The number of hydrogen-bond donors (Lipinski definition) is 0. The maximum Gasteiger partial charge on any atom is 0.264 e. The van der Waals surface area contributed by atoms with E-state index in [1.165, 1.54) is 11.3 Å². The summed E-state index contributed by atoms with van der Waals surface area (Å²) in [5, 5.41) is 6.14. The Labute approximate surface area is 151 Å². The van der Waals surface area contributed by atoms with Crippen molar-refractivity contribution in [3.8, 4) is 5.75 Å². The molecule has 0 fully saturated rings. The lowest BCUT2D eigenvalue weighted by Gasteiger charge is -2.23. The van der Waals surface area contributed by atoms with Gasteiger partial charge in [0.2, 0.25) is 0 Å². The van der Waals surface area contributed by atoms with Crippen LogP contribution >= 0.6 is 11.3 Å². The van der Waals surface area contributed by atoms with Gasteiger partial charge in [0, 0.05) is 13.0 Å². The first-order valence-electron chi connectivity index (χ1n) is 8.41. The molecule has 132 valence electrons. The molecule has 0 bridgehead atoms. The molecule has 1 aromatic heterocycles. The number of amides is 1. The lowest BCUT2D eigenvalue weighted by molar-refractivity contribution is 0.0426. The molecule has 1 atom stereocenters. The minimum atomic E-state index is -0.104. The normalized spacial score (nSPS) is 16.2. The van der Waals surface area contributed by atoms with Crippen molar-refractivity contribution >= 4 is 23.0 Å². The monoisotopic (exact) mass is 358 g/mol. The second-order valence-electron chi connectivity index (χ2n) is 5.93. The van der Waals surface area contributed by atoms with Crippen molar-refractivity contribution in [1.29, 1.82) is 0 Å². The minimum Gasteiger partial charge on any atom is -0.497 e. The molecule has 2 heterocycles. The van der Waals surface area contributed by atoms with Crippen LogP contribution in [0, 0.1) is 0 Å². The van der Waals surface area contributed by atoms with Gasteiger partial charge in [0.15, 0.2) is 6.10 Å². The summed E-state index contributed by atoms with van der Waals surface area (Å²) in [5.74, 6) is 0.883. The van der Waals surface area contributed by atoms with Crippen molar-refractivity contribution in [1.82, 2.24) is 4.90 Å². The standard InChI is InChI=1S/C19H22N2O3S/c1-3-10-21(19(22)18-5-4-11-25-18)13-16-12-17(20-24-16)14-6-8-15(23-2)9-7-14/h4-9,11,16H,3,10,12-13H2,1-2H3/t16-/m1/s1. The highest BCUT2D eigenvalue weighted by atomic mass is 32.1. The summed E-state index contributed by atoms with van der Waals surface area (Å²) in [5.41, 5.74) is 1.93. The van der Waals surface area contributed by atoms with Gasteiger partial charge in [0.25, 0.3) is 5.91 Å². The van der Waals surface area contributed by atoms with Crippen molar-refractivity contribution in [3.05, 3.63) is 52.2 Å². The van der Waals surface area contributed by atoms with Gasteiger partial charge in [-0.15, -0.1) is 11.3 Å². The van der Waals surface area contributed by atoms with E-state index in [-0.39, 0.29) is 12.0 Å². The summed E-state index contributed by atoms with van der Waals surface area (Å²) in [4.78, 5) is 20.9. The minimum absolute atomic E-state index is 0.0679. The van der Waals surface area contributed by atoms with Crippen LogP contribution in [0.15, 0.2) is 46.9 Å². The van der Waals surface area contributed by atoms with Crippen LogP contribution in [-0.2, 0) is 4.84 Å². The Kier molecular flexibility index (Phi) is 5.71. The summed E-state index contributed by atoms with van der Waals surface area (Å²) in [6, 6.07) is 11.5. The third-order valence-electron chi connectivity index (χ3n) is 4.09. The van der Waals surface area contributed by atoms with Crippen LogP contribution < -0.4 is 4.74 Å². The molecular weight excluding hydrogens is 336 g/mol. The zero-order valence-corrected chi connectivity index (χ0v) is 15.3. The summed E-state index contributed by atoms with van der Waals surface area (Å²) < 4.78 is 5.18. The Hall–Kier alpha value is -2.34. The molecule has 1 aliphatic rings. The molecule has 5 nitrogen and oxygen atoms in total. The Balaban J connectivity index is 1.62. The summed E-state index contributed by atoms with van der Waals surface area (Å²) in [7, 11) is 1.65. The number of rotatable bonds is 7. The molecule has 0 unspecified atom stereocenters. The SMILES string of the molecule is CCCN(C[C@H]1CC(c2ccc(OC)cc2)=NO1)C(=O)c1cccs1. The van der Waals surface area contributed by atoms with Gasteiger partial charge in [-0.3, -0.25) is 4.79 Å². The molecule has 1 aromatic carbocycles. The van der Waals surface area contributed by atoms with E-state index in [0.717, 1.165) is 28.3 Å². The lowest BCUT2D eigenvalue weighted by Crippen LogP contribution is -2.37. The number of ether oxygens (including phenoxy) is 1. The van der Waals surface area contributed by atoms with E-state index in [1.54, 1.807) is 7.11 Å². The molecule has 2 aromatic rings. The molecule has 0 saturated heterocycles. The van der Waals surface area contributed by atoms with Gasteiger partial charge in [-0.05, 0) is 47.7 Å². The van der Waals surface area contributed by atoms with Crippen molar-refractivity contribution in [3.63, 3.8) is 0 Å². The zero-order valence-electron chi connectivity index (χ0n) is 14.5. The maximum atomic E-state index is 12.6. The highest BCUT2D eigenvalue weighted by Crippen LogP contribution is 2.21. The fourth-order valence-electron chi connectivity index (χ4n) is 2.83. The smallest absolute Gasteiger partial charge is 0.264 e. The van der Waals surface area contributed by atoms with Crippen LogP contribution in [0.25, 0.3) is 0 Å². The van der Waals surface area contributed by atoms with E-state index < -0.39 is 0 Å². The van der Waals surface area contributed by atoms with Crippen molar-refractivity contribution in [2.45, 2.75) is 25.9 Å². The van der Waals surface area contributed by atoms with E-state index >= 15 is 0 Å². The quantitative estimate of drug-likeness (QED) is 0.756. The van der Waals surface area contributed by atoms with Gasteiger partial charge in [-0.2, -0.15) is 0 Å². The first kappa shape index (κ1) is 17.5. The first-order chi connectivity index (χ1) is 12.2. The number of hydrogen-bond acceptors (Lipinski definition) is 5. The Morgan fingerprint density at radius 2 is 2.16 bits per heavy atom. The molecule has 1 aliphatic heterocycles. The van der Waals surface area contributed by atoms with Crippen molar-refractivity contribution < 1.29 is 14.4 Å². The van der Waals surface area contributed by atoms with Crippen LogP contribution in [0.4, 0.5) is 0 Å². The number of thiophene rings is 1. The molecule has 0 N–H and O–H groups in total. The average Bonchev–Trinajstić information content (AvgIpc) is 3.33. The number of methoxy groups -OCH3 is 1. The maximum absolute atomic E-state index is 12.6. The number of nitrogens with zero attached hydrogens (tertiary/aromatic N) is 2. The predicted molar refractivity (Wildman–Crippen MR) is 99.5 cm³/mol. The number of carbonyl (C=O) groups is 1. The van der Waals surface area contributed by atoms with E-state index in [0.29, 0.717) is 19.5 Å². The Bertz CT molecular complexity index is 726. The summed E-state index contributed by atoms with van der Waals surface area (Å²) in [6.07, 6.45) is 1.51. The molecule has 0 radical (unpaired) electrons. The van der Waals surface area contributed by atoms with Gasteiger partial charge in [0.1, 0.15) is 5.75 Å². The fraction of sp³-hybridized carbons (Fsp3) is 0.368. The van der Waals surface area contributed by atoms with Crippen LogP contribution in [0.1, 0.15) is 35.0 Å². The van der Waals surface area contributed by atoms with Crippen LogP contribution in [0.5, 0.6) is 5.75 Å². The van der Waals surface area contributed by atoms with E-state index in [2.05, 4.69) is 12.1 Å². The molecule has 0 saturated carbocycles. The Morgan fingerprint density at radius 1 is 1.36 bits per heavy atom. The molecule has 6 heteroatoms. The number of oxime groups is 1. The van der Waals surface area contributed by atoms with Crippen molar-refractivity contribution in [2.75, 3.05) is 20.2 Å². The number of carbonyl (C=O) groups excluding carboxylic acids is 1. The molecule has 3 rings (SSSR count). The fourth-order valence-corrected chi connectivity index (χ4v) is 3.52. The number of benzene rings is 1. The van der Waals surface area contributed by atoms with E-state index in [4.69, 9.17) is 9.57 Å². The molecule has 1 amide bonds.